The number of unbranched alkanes of at least 4 members (excludes halogenated alkanes) is 2. The molecule has 0 aliphatic carbocycles. The number of aromatic amines is 1. The van der Waals surface area contributed by atoms with E-state index in [4.69, 9.17) is 9.47 Å². The van der Waals surface area contributed by atoms with Crippen molar-refractivity contribution in [2.45, 2.75) is 50.7 Å². The first-order valence-corrected chi connectivity index (χ1v) is 7.64. The van der Waals surface area contributed by atoms with Gasteiger partial charge in [0.2, 0.25) is 0 Å². The lowest BCUT2D eigenvalue weighted by Crippen LogP contribution is -2.38. The van der Waals surface area contributed by atoms with Gasteiger partial charge in [0.15, 0.2) is 12.3 Å². The second-order valence-electron chi connectivity index (χ2n) is 5.37. The summed E-state index contributed by atoms with van der Waals surface area (Å²) in [5, 5.41) is 19.7. The highest BCUT2D eigenvalue weighted by atomic mass is 16.6. The van der Waals surface area contributed by atoms with Crippen molar-refractivity contribution in [2.75, 3.05) is 6.61 Å². The maximum atomic E-state index is 11.8. The third-order valence-corrected chi connectivity index (χ3v) is 3.67. The number of aromatic nitrogens is 2. The Balaban J connectivity index is 2.11. The molecule has 0 spiro atoms. The summed E-state index contributed by atoms with van der Waals surface area (Å²) in [7, 11) is 0. The zero-order valence-corrected chi connectivity index (χ0v) is 12.9. The number of nitrogens with zero attached hydrogens (tertiary/aromatic N) is 1. The molecule has 128 valence electrons. The Morgan fingerprint density at radius 2 is 2.26 bits per heavy atom. The molecule has 1 aliphatic heterocycles. The summed E-state index contributed by atoms with van der Waals surface area (Å²) in [6.45, 7) is 1.72. The number of H-pyrrole nitrogens is 1. The van der Waals surface area contributed by atoms with E-state index in [1.54, 1.807) is 0 Å². The molecule has 1 aromatic heterocycles. The topological polar surface area (TPSA) is 114 Å². The summed E-state index contributed by atoms with van der Waals surface area (Å²) >= 11 is 0. The molecule has 8 nitrogen and oxygen atoms in total. The number of aliphatic hydroxyl groups excluding tert-OH is 2. The minimum Gasteiger partial charge on any atom is -0.493 e. The molecule has 0 bridgehead atoms. The van der Waals surface area contributed by atoms with Gasteiger partial charge in [-0.15, -0.1) is 0 Å². The van der Waals surface area contributed by atoms with Crippen molar-refractivity contribution in [3.05, 3.63) is 45.4 Å². The van der Waals surface area contributed by atoms with E-state index >= 15 is 0 Å². The lowest BCUT2D eigenvalue weighted by molar-refractivity contribution is -0.0554. The fraction of sp³-hybridized carbons (Fsp3) is 0.600. The number of hydrogen-bond donors (Lipinski definition) is 3. The Morgan fingerprint density at radius 1 is 1.48 bits per heavy atom. The Hall–Kier alpha value is -1.90. The first-order valence-electron chi connectivity index (χ1n) is 7.64. The predicted octanol–water partition coefficient (Wildman–Crippen LogP) is -0.124. The van der Waals surface area contributed by atoms with Gasteiger partial charge in [0.05, 0.1) is 12.9 Å². The van der Waals surface area contributed by atoms with Crippen LogP contribution >= 0.6 is 0 Å². The number of aliphatic hydroxyl groups is 2. The highest BCUT2D eigenvalue weighted by Gasteiger charge is 2.46. The molecule has 1 saturated heterocycles. The lowest BCUT2D eigenvalue weighted by Gasteiger charge is -2.19. The lowest BCUT2D eigenvalue weighted by atomic mass is 10.1. The molecular formula is C15H22N2O6. The molecular weight excluding hydrogens is 304 g/mol. The molecule has 1 aliphatic rings. The molecule has 0 aromatic carbocycles. The Kier molecular flexibility index (Phi) is 6.14. The van der Waals surface area contributed by atoms with Crippen LogP contribution in [0.2, 0.25) is 0 Å². The molecule has 1 aromatic rings. The number of nitrogens with one attached hydrogen (secondary N) is 1. The number of ether oxygens (including phenoxy) is 2. The molecule has 8 heteroatoms. The predicted molar refractivity (Wildman–Crippen MR) is 81.9 cm³/mol. The van der Waals surface area contributed by atoms with E-state index in [9.17, 15) is 19.8 Å². The first-order chi connectivity index (χ1) is 11.1. The van der Waals surface area contributed by atoms with Crippen molar-refractivity contribution in [1.82, 2.24) is 9.55 Å². The molecule has 1 fully saturated rings. The highest BCUT2D eigenvalue weighted by molar-refractivity contribution is 4.95. The van der Waals surface area contributed by atoms with Crippen LogP contribution in [0.4, 0.5) is 0 Å². The average molecular weight is 326 g/mol. The average Bonchev–Trinajstić information content (AvgIpc) is 2.84. The third kappa shape index (κ3) is 4.10. The normalized spacial score (nSPS) is 27.6. The second kappa shape index (κ2) is 8.09. The fourth-order valence-electron chi connectivity index (χ4n) is 2.43. The molecule has 4 atom stereocenters. The van der Waals surface area contributed by atoms with E-state index < -0.39 is 35.8 Å². The SMILES string of the molecule is CCCC/C=C/O[C@H]1[C@@H](O)[C@H](n2ccc(=O)[nH]c2=O)O[C@@H]1CO. The monoisotopic (exact) mass is 326 g/mol. The highest BCUT2D eigenvalue weighted by Crippen LogP contribution is 2.30. The number of hydrogen-bond acceptors (Lipinski definition) is 6. The molecule has 3 N–H and O–H groups in total. The van der Waals surface area contributed by atoms with Crippen molar-refractivity contribution in [3.8, 4) is 0 Å². The van der Waals surface area contributed by atoms with E-state index in [0.717, 1.165) is 29.9 Å². The summed E-state index contributed by atoms with van der Waals surface area (Å²) < 4.78 is 12.0. The fourth-order valence-corrected chi connectivity index (χ4v) is 2.43. The van der Waals surface area contributed by atoms with Crippen LogP contribution in [-0.4, -0.2) is 44.7 Å². The van der Waals surface area contributed by atoms with Crippen molar-refractivity contribution in [2.24, 2.45) is 0 Å². The van der Waals surface area contributed by atoms with Gasteiger partial charge in [-0.25, -0.2) is 4.79 Å². The van der Waals surface area contributed by atoms with Crippen molar-refractivity contribution < 1.29 is 19.7 Å². The van der Waals surface area contributed by atoms with Crippen LogP contribution in [0.15, 0.2) is 34.2 Å². The van der Waals surface area contributed by atoms with Crippen LogP contribution in [-0.2, 0) is 9.47 Å². The van der Waals surface area contributed by atoms with E-state index in [1.165, 1.54) is 12.5 Å². The Morgan fingerprint density at radius 3 is 2.91 bits per heavy atom. The molecule has 0 saturated carbocycles. The van der Waals surface area contributed by atoms with Gasteiger partial charge >= 0.3 is 5.69 Å². The summed E-state index contributed by atoms with van der Waals surface area (Å²) in [6, 6.07) is 1.16. The standard InChI is InChI=1S/C15H22N2O6/c1-2-3-4-5-8-22-13-10(9-18)23-14(12(13)20)17-7-6-11(19)16-15(17)21/h5-8,10,12-14,18,20H,2-4,9H2,1H3,(H,16,19,21)/b8-5+/t10-,12-,13-,14-/m1/s1. The van der Waals surface area contributed by atoms with Crippen LogP contribution in [0.1, 0.15) is 32.4 Å². The smallest absolute Gasteiger partial charge is 0.330 e. The Bertz CT molecular complexity index is 637. The minimum atomic E-state index is -1.16. The minimum absolute atomic E-state index is 0.362. The van der Waals surface area contributed by atoms with Crippen LogP contribution < -0.4 is 11.2 Å². The maximum Gasteiger partial charge on any atom is 0.330 e. The van der Waals surface area contributed by atoms with E-state index in [2.05, 4.69) is 11.9 Å². The van der Waals surface area contributed by atoms with Gasteiger partial charge in [-0.1, -0.05) is 13.3 Å². The summed E-state index contributed by atoms with van der Waals surface area (Å²) in [5.41, 5.74) is -1.23. The maximum absolute atomic E-state index is 11.8. The van der Waals surface area contributed by atoms with Gasteiger partial charge in [0, 0.05) is 12.3 Å². The first kappa shape index (κ1) is 17.5. The van der Waals surface area contributed by atoms with Gasteiger partial charge in [-0.2, -0.15) is 0 Å². The number of rotatable bonds is 7. The molecule has 0 radical (unpaired) electrons. The summed E-state index contributed by atoms with van der Waals surface area (Å²) in [4.78, 5) is 25.0. The summed E-state index contributed by atoms with van der Waals surface area (Å²) in [6.07, 6.45) is 3.73. The van der Waals surface area contributed by atoms with Crippen molar-refractivity contribution in [1.29, 1.82) is 0 Å². The zero-order valence-electron chi connectivity index (χ0n) is 12.9. The third-order valence-electron chi connectivity index (χ3n) is 3.67. The molecule has 0 unspecified atom stereocenters. The van der Waals surface area contributed by atoms with Crippen molar-refractivity contribution >= 4 is 0 Å². The molecule has 2 rings (SSSR count). The molecule has 2 heterocycles. The Labute approximate surface area is 133 Å². The molecule has 0 amide bonds. The van der Waals surface area contributed by atoms with Gasteiger partial charge in [0.1, 0.15) is 12.2 Å². The van der Waals surface area contributed by atoms with E-state index in [0.29, 0.717) is 0 Å². The van der Waals surface area contributed by atoms with Crippen LogP contribution in [0.5, 0.6) is 0 Å². The second-order valence-corrected chi connectivity index (χ2v) is 5.37. The van der Waals surface area contributed by atoms with E-state index in [-0.39, 0.29) is 6.61 Å². The van der Waals surface area contributed by atoms with E-state index in [1.807, 2.05) is 6.08 Å². The van der Waals surface area contributed by atoms with Gasteiger partial charge in [-0.05, 0) is 18.9 Å². The largest absolute Gasteiger partial charge is 0.493 e. The van der Waals surface area contributed by atoms with Crippen LogP contribution in [0.3, 0.4) is 0 Å². The molecule has 23 heavy (non-hydrogen) atoms. The van der Waals surface area contributed by atoms with Crippen LogP contribution in [0.25, 0.3) is 0 Å². The van der Waals surface area contributed by atoms with Gasteiger partial charge in [-0.3, -0.25) is 14.3 Å². The van der Waals surface area contributed by atoms with Crippen molar-refractivity contribution in [3.63, 3.8) is 0 Å². The van der Waals surface area contributed by atoms with Gasteiger partial charge < -0.3 is 19.7 Å². The zero-order chi connectivity index (χ0) is 16.8. The number of allylic oxidation sites excluding steroid dienone is 1. The quantitative estimate of drug-likeness (QED) is 0.475. The van der Waals surface area contributed by atoms with Gasteiger partial charge in [0.25, 0.3) is 5.56 Å². The summed E-state index contributed by atoms with van der Waals surface area (Å²) in [5.74, 6) is 0. The van der Waals surface area contributed by atoms with Crippen LogP contribution in [0, 0.1) is 0 Å².